The summed E-state index contributed by atoms with van der Waals surface area (Å²) in [4.78, 5) is 2.09. The van der Waals surface area contributed by atoms with Crippen molar-refractivity contribution < 1.29 is 13.2 Å². The van der Waals surface area contributed by atoms with Gasteiger partial charge in [-0.3, -0.25) is 4.90 Å². The number of likely N-dealkylation sites (tertiary alicyclic amines) is 1. The molecule has 1 heterocycles. The molecule has 18 heavy (non-hydrogen) atoms. The lowest BCUT2D eigenvalue weighted by Crippen LogP contribution is -2.49. The maximum atomic E-state index is 12.8. The van der Waals surface area contributed by atoms with Crippen LogP contribution in [0.4, 0.5) is 13.2 Å². The van der Waals surface area contributed by atoms with E-state index in [1.54, 1.807) is 0 Å². The first-order valence-electron chi connectivity index (χ1n) is 6.98. The summed E-state index contributed by atoms with van der Waals surface area (Å²) in [6, 6.07) is 0.830. The van der Waals surface area contributed by atoms with Gasteiger partial charge in [-0.05, 0) is 45.7 Å². The van der Waals surface area contributed by atoms with Gasteiger partial charge in [0.05, 0.1) is 5.92 Å². The zero-order valence-electron chi connectivity index (χ0n) is 11.0. The molecule has 2 aliphatic rings. The van der Waals surface area contributed by atoms with Crippen LogP contribution in [-0.2, 0) is 0 Å². The van der Waals surface area contributed by atoms with E-state index in [9.17, 15) is 13.2 Å². The van der Waals surface area contributed by atoms with E-state index >= 15 is 0 Å². The molecule has 0 aromatic carbocycles. The van der Waals surface area contributed by atoms with E-state index in [4.69, 9.17) is 0 Å². The number of nitrogens with zero attached hydrogens (tertiary/aromatic N) is 1. The summed E-state index contributed by atoms with van der Waals surface area (Å²) >= 11 is 0. The molecule has 0 radical (unpaired) electrons. The van der Waals surface area contributed by atoms with E-state index in [0.717, 1.165) is 32.2 Å². The zero-order chi connectivity index (χ0) is 13.2. The van der Waals surface area contributed by atoms with Crippen molar-refractivity contribution in [1.82, 2.24) is 10.2 Å². The maximum Gasteiger partial charge on any atom is 0.393 e. The Hall–Kier alpha value is -0.290. The number of rotatable bonds is 2. The van der Waals surface area contributed by atoms with Crippen molar-refractivity contribution in [1.29, 1.82) is 0 Å². The predicted octanol–water partition coefficient (Wildman–Crippen LogP) is 2.79. The van der Waals surface area contributed by atoms with Gasteiger partial charge in [-0.15, -0.1) is 0 Å². The van der Waals surface area contributed by atoms with E-state index in [2.05, 4.69) is 10.2 Å². The quantitative estimate of drug-likeness (QED) is 0.825. The van der Waals surface area contributed by atoms with Gasteiger partial charge in [0.2, 0.25) is 0 Å². The fourth-order valence-corrected chi connectivity index (χ4v) is 3.36. The van der Waals surface area contributed by atoms with E-state index in [-0.39, 0.29) is 6.54 Å². The number of hydrogen-bond acceptors (Lipinski definition) is 2. The summed E-state index contributed by atoms with van der Waals surface area (Å²) in [6.45, 7) is 1.05. The van der Waals surface area contributed by atoms with Gasteiger partial charge in [0.25, 0.3) is 0 Å². The van der Waals surface area contributed by atoms with Gasteiger partial charge in [-0.25, -0.2) is 0 Å². The van der Waals surface area contributed by atoms with Crippen LogP contribution in [0.25, 0.3) is 0 Å². The van der Waals surface area contributed by atoms with E-state index in [1.807, 2.05) is 7.05 Å². The van der Waals surface area contributed by atoms with Crippen molar-refractivity contribution in [3.05, 3.63) is 0 Å². The molecule has 0 aromatic heterocycles. The Morgan fingerprint density at radius 1 is 1.11 bits per heavy atom. The highest BCUT2D eigenvalue weighted by molar-refractivity contribution is 4.87. The van der Waals surface area contributed by atoms with Crippen LogP contribution < -0.4 is 5.32 Å². The topological polar surface area (TPSA) is 15.3 Å². The fourth-order valence-electron chi connectivity index (χ4n) is 3.36. The van der Waals surface area contributed by atoms with Crippen molar-refractivity contribution in [2.24, 2.45) is 5.92 Å². The third kappa shape index (κ3) is 3.38. The first kappa shape index (κ1) is 14.1. The molecule has 0 aromatic rings. The second kappa shape index (κ2) is 5.78. The Morgan fingerprint density at radius 3 is 2.56 bits per heavy atom. The molecular formula is C13H23F3N2. The Morgan fingerprint density at radius 2 is 1.89 bits per heavy atom. The van der Waals surface area contributed by atoms with Crippen LogP contribution in [0.5, 0.6) is 0 Å². The SMILES string of the molecule is CNC1CCCC(N2CCCC(C(F)(F)F)C2)C1. The van der Waals surface area contributed by atoms with Gasteiger partial charge in [0, 0.05) is 18.6 Å². The van der Waals surface area contributed by atoms with Gasteiger partial charge in [0.1, 0.15) is 0 Å². The second-order valence-corrected chi connectivity index (χ2v) is 5.68. The number of halogens is 3. The van der Waals surface area contributed by atoms with Gasteiger partial charge in [-0.2, -0.15) is 13.2 Å². The smallest absolute Gasteiger partial charge is 0.317 e. The minimum Gasteiger partial charge on any atom is -0.317 e. The van der Waals surface area contributed by atoms with Crippen LogP contribution in [0, 0.1) is 5.92 Å². The summed E-state index contributed by atoms with van der Waals surface area (Å²) in [5, 5.41) is 3.27. The van der Waals surface area contributed by atoms with Crippen LogP contribution in [0.15, 0.2) is 0 Å². The number of hydrogen-bond donors (Lipinski definition) is 1. The van der Waals surface area contributed by atoms with Crippen LogP contribution in [0.1, 0.15) is 38.5 Å². The summed E-state index contributed by atoms with van der Waals surface area (Å²) in [5.74, 6) is -1.11. The third-order valence-corrected chi connectivity index (χ3v) is 4.49. The van der Waals surface area contributed by atoms with Crippen LogP contribution >= 0.6 is 0 Å². The van der Waals surface area contributed by atoms with E-state index in [0.29, 0.717) is 24.9 Å². The van der Waals surface area contributed by atoms with E-state index < -0.39 is 12.1 Å². The first-order valence-corrected chi connectivity index (χ1v) is 6.98. The summed E-state index contributed by atoms with van der Waals surface area (Å²) in [5.41, 5.74) is 0. The van der Waals surface area contributed by atoms with Gasteiger partial charge in [0.15, 0.2) is 0 Å². The lowest BCUT2D eigenvalue weighted by atomic mass is 9.87. The highest BCUT2D eigenvalue weighted by Crippen LogP contribution is 2.35. The average molecular weight is 264 g/mol. The molecule has 2 nitrogen and oxygen atoms in total. The molecule has 2 fully saturated rings. The second-order valence-electron chi connectivity index (χ2n) is 5.68. The largest absolute Gasteiger partial charge is 0.393 e. The highest BCUT2D eigenvalue weighted by Gasteiger charge is 2.43. The van der Waals surface area contributed by atoms with Crippen LogP contribution in [-0.4, -0.2) is 43.3 Å². The van der Waals surface area contributed by atoms with Crippen molar-refractivity contribution in [2.45, 2.75) is 56.8 Å². The monoisotopic (exact) mass is 264 g/mol. The highest BCUT2D eigenvalue weighted by atomic mass is 19.4. The molecule has 5 heteroatoms. The Bertz CT molecular complexity index is 267. The maximum absolute atomic E-state index is 12.8. The lowest BCUT2D eigenvalue weighted by Gasteiger charge is -2.42. The third-order valence-electron chi connectivity index (χ3n) is 4.49. The molecule has 1 saturated heterocycles. The number of alkyl halides is 3. The van der Waals surface area contributed by atoms with Gasteiger partial charge < -0.3 is 5.32 Å². The number of piperidine rings is 1. The number of nitrogens with one attached hydrogen (secondary N) is 1. The lowest BCUT2D eigenvalue weighted by molar-refractivity contribution is -0.189. The zero-order valence-corrected chi connectivity index (χ0v) is 11.0. The van der Waals surface area contributed by atoms with Crippen LogP contribution in [0.2, 0.25) is 0 Å². The van der Waals surface area contributed by atoms with Crippen LogP contribution in [0.3, 0.4) is 0 Å². The molecule has 106 valence electrons. The molecule has 1 saturated carbocycles. The minimum atomic E-state index is -4.02. The first-order chi connectivity index (χ1) is 8.50. The molecular weight excluding hydrogens is 241 g/mol. The molecule has 0 bridgehead atoms. The van der Waals surface area contributed by atoms with Gasteiger partial charge >= 0.3 is 6.18 Å². The minimum absolute atomic E-state index is 0.213. The van der Waals surface area contributed by atoms with Crippen molar-refractivity contribution in [3.8, 4) is 0 Å². The van der Waals surface area contributed by atoms with Crippen molar-refractivity contribution in [2.75, 3.05) is 20.1 Å². The molecule has 0 amide bonds. The summed E-state index contributed by atoms with van der Waals surface area (Å²) < 4.78 is 38.4. The Balaban J connectivity index is 1.92. The molecule has 1 aliphatic carbocycles. The molecule has 2 rings (SSSR count). The molecule has 0 spiro atoms. The average Bonchev–Trinajstić information content (AvgIpc) is 2.38. The Labute approximate surface area is 107 Å². The van der Waals surface area contributed by atoms with E-state index in [1.165, 1.54) is 0 Å². The molecule has 1 aliphatic heterocycles. The molecule has 3 atom stereocenters. The predicted molar refractivity (Wildman–Crippen MR) is 65.5 cm³/mol. The Kier molecular flexibility index (Phi) is 4.54. The molecule has 1 N–H and O–H groups in total. The summed E-state index contributed by atoms with van der Waals surface area (Å²) in [7, 11) is 1.95. The standard InChI is InChI=1S/C13H23F3N2/c1-17-11-5-2-6-12(8-11)18-7-3-4-10(9-18)13(14,15)16/h10-12,17H,2-9H2,1H3. The normalized spacial score (nSPS) is 35.7. The van der Waals surface area contributed by atoms with Crippen molar-refractivity contribution >= 4 is 0 Å². The van der Waals surface area contributed by atoms with Crippen molar-refractivity contribution in [3.63, 3.8) is 0 Å². The summed E-state index contributed by atoms with van der Waals surface area (Å²) in [6.07, 6.45) is 1.32. The fraction of sp³-hybridized carbons (Fsp3) is 1.00. The van der Waals surface area contributed by atoms with Gasteiger partial charge in [-0.1, -0.05) is 6.42 Å². The molecule has 3 unspecified atom stereocenters.